The minimum absolute atomic E-state index is 0.501. The fourth-order valence-corrected chi connectivity index (χ4v) is 2.32. The average molecular weight is 219 g/mol. The standard InChI is InChI=1S/C13H21N3/c14-15-13-7-4-9-16(10-8-13)11-12-5-2-1-3-6-12/h1-3,5-6,13,15H,4,7-11,14H2/t13-/m1/s1. The van der Waals surface area contributed by atoms with Crippen LogP contribution < -0.4 is 11.3 Å². The number of benzene rings is 1. The van der Waals surface area contributed by atoms with Gasteiger partial charge in [-0.1, -0.05) is 30.3 Å². The Labute approximate surface area is 97.6 Å². The van der Waals surface area contributed by atoms with Crippen LogP contribution in [0.4, 0.5) is 0 Å². The van der Waals surface area contributed by atoms with Gasteiger partial charge in [-0.25, -0.2) is 0 Å². The smallest absolute Gasteiger partial charge is 0.0233 e. The van der Waals surface area contributed by atoms with Crippen LogP contribution >= 0.6 is 0 Å². The second kappa shape index (κ2) is 5.99. The van der Waals surface area contributed by atoms with Crippen molar-refractivity contribution in [3.8, 4) is 0 Å². The summed E-state index contributed by atoms with van der Waals surface area (Å²) in [6.07, 6.45) is 3.59. The molecule has 0 aliphatic carbocycles. The van der Waals surface area contributed by atoms with Crippen LogP contribution in [0, 0.1) is 0 Å². The lowest BCUT2D eigenvalue weighted by molar-refractivity contribution is 0.274. The molecule has 2 rings (SSSR count). The van der Waals surface area contributed by atoms with E-state index in [9.17, 15) is 0 Å². The van der Waals surface area contributed by atoms with Crippen LogP contribution in [0.1, 0.15) is 24.8 Å². The monoisotopic (exact) mass is 219 g/mol. The van der Waals surface area contributed by atoms with Gasteiger partial charge in [0.2, 0.25) is 0 Å². The van der Waals surface area contributed by atoms with Crippen LogP contribution in [-0.2, 0) is 6.54 Å². The van der Waals surface area contributed by atoms with Crippen LogP contribution in [-0.4, -0.2) is 24.0 Å². The first-order chi connectivity index (χ1) is 7.88. The van der Waals surface area contributed by atoms with Crippen LogP contribution in [0.5, 0.6) is 0 Å². The van der Waals surface area contributed by atoms with Gasteiger partial charge in [0.1, 0.15) is 0 Å². The summed E-state index contributed by atoms with van der Waals surface area (Å²) < 4.78 is 0. The van der Waals surface area contributed by atoms with Crippen molar-refractivity contribution in [2.24, 2.45) is 5.84 Å². The maximum absolute atomic E-state index is 5.50. The molecule has 1 saturated heterocycles. The molecule has 1 aromatic carbocycles. The number of rotatable bonds is 3. The number of nitrogens with two attached hydrogens (primary N) is 1. The number of hydrazine groups is 1. The van der Waals surface area contributed by atoms with Crippen LogP contribution in [0.3, 0.4) is 0 Å². The molecule has 0 amide bonds. The van der Waals surface area contributed by atoms with E-state index >= 15 is 0 Å². The molecule has 1 aliphatic rings. The zero-order valence-corrected chi connectivity index (χ0v) is 9.73. The van der Waals surface area contributed by atoms with Gasteiger partial charge in [0.05, 0.1) is 0 Å². The van der Waals surface area contributed by atoms with Crippen molar-refractivity contribution in [1.29, 1.82) is 0 Å². The molecule has 3 nitrogen and oxygen atoms in total. The van der Waals surface area contributed by atoms with Gasteiger partial charge in [-0.05, 0) is 31.4 Å². The molecule has 1 atom stereocenters. The molecule has 0 aromatic heterocycles. The Morgan fingerprint density at radius 2 is 2.00 bits per heavy atom. The molecule has 0 radical (unpaired) electrons. The Balaban J connectivity index is 1.86. The molecule has 0 spiro atoms. The van der Waals surface area contributed by atoms with Crippen molar-refractivity contribution in [1.82, 2.24) is 10.3 Å². The van der Waals surface area contributed by atoms with Gasteiger partial charge < -0.3 is 0 Å². The van der Waals surface area contributed by atoms with Crippen LogP contribution in [0.2, 0.25) is 0 Å². The van der Waals surface area contributed by atoms with Crippen molar-refractivity contribution in [3.05, 3.63) is 35.9 Å². The zero-order valence-electron chi connectivity index (χ0n) is 9.73. The van der Waals surface area contributed by atoms with Crippen molar-refractivity contribution >= 4 is 0 Å². The van der Waals surface area contributed by atoms with Gasteiger partial charge in [-0.15, -0.1) is 0 Å². The maximum atomic E-state index is 5.50. The minimum Gasteiger partial charge on any atom is -0.299 e. The van der Waals surface area contributed by atoms with Crippen LogP contribution in [0.15, 0.2) is 30.3 Å². The minimum atomic E-state index is 0.501. The van der Waals surface area contributed by atoms with E-state index in [0.29, 0.717) is 6.04 Å². The fraction of sp³-hybridized carbons (Fsp3) is 0.538. The zero-order chi connectivity index (χ0) is 11.2. The third-order valence-electron chi connectivity index (χ3n) is 3.31. The first-order valence-electron chi connectivity index (χ1n) is 6.11. The van der Waals surface area contributed by atoms with Gasteiger partial charge in [0, 0.05) is 19.1 Å². The highest BCUT2D eigenvalue weighted by molar-refractivity contribution is 5.14. The second-order valence-electron chi connectivity index (χ2n) is 4.56. The average Bonchev–Trinajstić information content (AvgIpc) is 2.56. The van der Waals surface area contributed by atoms with E-state index in [4.69, 9.17) is 5.84 Å². The van der Waals surface area contributed by atoms with E-state index in [1.54, 1.807) is 0 Å². The molecule has 88 valence electrons. The number of hydrogen-bond donors (Lipinski definition) is 2. The molecular weight excluding hydrogens is 198 g/mol. The van der Waals surface area contributed by atoms with Gasteiger partial charge in [-0.2, -0.15) is 0 Å². The number of hydrogen-bond acceptors (Lipinski definition) is 3. The molecule has 0 bridgehead atoms. The topological polar surface area (TPSA) is 41.3 Å². The summed E-state index contributed by atoms with van der Waals surface area (Å²) in [5.41, 5.74) is 4.31. The quantitative estimate of drug-likeness (QED) is 0.598. The van der Waals surface area contributed by atoms with Crippen molar-refractivity contribution in [2.45, 2.75) is 31.8 Å². The number of nitrogens with zero attached hydrogens (tertiary/aromatic N) is 1. The predicted molar refractivity (Wildman–Crippen MR) is 66.7 cm³/mol. The van der Waals surface area contributed by atoms with E-state index in [2.05, 4.69) is 40.7 Å². The normalized spacial score (nSPS) is 22.9. The first kappa shape index (κ1) is 11.6. The molecule has 3 N–H and O–H groups in total. The van der Waals surface area contributed by atoms with E-state index in [1.807, 2.05) is 0 Å². The second-order valence-corrected chi connectivity index (χ2v) is 4.56. The molecule has 1 fully saturated rings. The molecule has 1 aliphatic heterocycles. The SMILES string of the molecule is NN[C@@H]1CCCN(Cc2ccccc2)CC1. The van der Waals surface area contributed by atoms with Gasteiger partial charge in [0.15, 0.2) is 0 Å². The highest BCUT2D eigenvalue weighted by Gasteiger charge is 2.15. The lowest BCUT2D eigenvalue weighted by Crippen LogP contribution is -2.35. The Hall–Kier alpha value is -0.900. The number of likely N-dealkylation sites (tertiary alicyclic amines) is 1. The van der Waals surface area contributed by atoms with Crippen molar-refractivity contribution in [3.63, 3.8) is 0 Å². The lowest BCUT2D eigenvalue weighted by Gasteiger charge is -2.20. The number of nitrogens with one attached hydrogen (secondary N) is 1. The molecular formula is C13H21N3. The fourth-order valence-electron chi connectivity index (χ4n) is 2.32. The Morgan fingerprint density at radius 1 is 1.19 bits per heavy atom. The molecule has 16 heavy (non-hydrogen) atoms. The highest BCUT2D eigenvalue weighted by atomic mass is 15.2. The summed E-state index contributed by atoms with van der Waals surface area (Å²) in [7, 11) is 0. The Morgan fingerprint density at radius 3 is 2.75 bits per heavy atom. The van der Waals surface area contributed by atoms with E-state index in [0.717, 1.165) is 19.5 Å². The van der Waals surface area contributed by atoms with E-state index < -0.39 is 0 Å². The van der Waals surface area contributed by atoms with Gasteiger partial charge in [-0.3, -0.25) is 16.2 Å². The third kappa shape index (κ3) is 3.30. The van der Waals surface area contributed by atoms with Crippen LogP contribution in [0.25, 0.3) is 0 Å². The molecule has 3 heteroatoms. The summed E-state index contributed by atoms with van der Waals surface area (Å²) >= 11 is 0. The summed E-state index contributed by atoms with van der Waals surface area (Å²) in [6, 6.07) is 11.2. The summed E-state index contributed by atoms with van der Waals surface area (Å²) in [5.74, 6) is 5.50. The maximum Gasteiger partial charge on any atom is 0.0233 e. The van der Waals surface area contributed by atoms with Crippen molar-refractivity contribution < 1.29 is 0 Å². The van der Waals surface area contributed by atoms with Crippen molar-refractivity contribution in [2.75, 3.05) is 13.1 Å². The van der Waals surface area contributed by atoms with Gasteiger partial charge >= 0.3 is 0 Å². The largest absolute Gasteiger partial charge is 0.299 e. The predicted octanol–water partition coefficient (Wildman–Crippen LogP) is 1.50. The molecule has 0 saturated carbocycles. The summed E-state index contributed by atoms with van der Waals surface area (Å²) in [4.78, 5) is 2.52. The first-order valence-corrected chi connectivity index (χ1v) is 6.11. The Kier molecular flexibility index (Phi) is 4.34. The third-order valence-corrected chi connectivity index (χ3v) is 3.31. The van der Waals surface area contributed by atoms with E-state index in [-0.39, 0.29) is 0 Å². The highest BCUT2D eigenvalue weighted by Crippen LogP contribution is 2.13. The lowest BCUT2D eigenvalue weighted by atomic mass is 10.1. The van der Waals surface area contributed by atoms with E-state index in [1.165, 1.54) is 24.9 Å². The molecule has 0 unspecified atom stereocenters. The van der Waals surface area contributed by atoms with Gasteiger partial charge in [0.25, 0.3) is 0 Å². The Bertz CT molecular complexity index is 299. The summed E-state index contributed by atoms with van der Waals surface area (Å²) in [5, 5.41) is 0. The molecule has 1 heterocycles. The molecule has 1 aromatic rings. The summed E-state index contributed by atoms with van der Waals surface area (Å²) in [6.45, 7) is 3.40.